The van der Waals surface area contributed by atoms with Crippen molar-refractivity contribution in [1.29, 1.82) is 0 Å². The Morgan fingerprint density at radius 3 is 2.30 bits per heavy atom. The number of nitrogens with one attached hydrogen (secondary N) is 1. The first kappa shape index (κ1) is 23.0. The van der Waals surface area contributed by atoms with Gasteiger partial charge >= 0.3 is 0 Å². The van der Waals surface area contributed by atoms with Crippen molar-refractivity contribution >= 4 is 23.4 Å². The van der Waals surface area contributed by atoms with Crippen LogP contribution in [0.2, 0.25) is 5.02 Å². The van der Waals surface area contributed by atoms with E-state index in [4.69, 9.17) is 16.3 Å². The molecule has 1 N–H and O–H groups in total. The largest absolute Gasteiger partial charge is 0.373 e. The highest BCUT2D eigenvalue weighted by atomic mass is 35.5. The van der Waals surface area contributed by atoms with Crippen LogP contribution in [0.3, 0.4) is 0 Å². The molecule has 166 valence electrons. The maximum absolute atomic E-state index is 12.9. The summed E-state index contributed by atoms with van der Waals surface area (Å²) < 4.78 is 5.83. The van der Waals surface area contributed by atoms with E-state index < -0.39 is 0 Å². The smallest absolute Gasteiger partial charge is 0.224 e. The number of carbonyl (C=O) groups is 2. The third-order valence-corrected chi connectivity index (χ3v) is 6.26. The lowest BCUT2D eigenvalue weighted by molar-refractivity contribution is -0.133. The molecule has 0 aliphatic carbocycles. The highest BCUT2D eigenvalue weighted by molar-refractivity contribution is 6.30. The summed E-state index contributed by atoms with van der Waals surface area (Å²) in [6.45, 7) is 10.4. The summed E-state index contributed by atoms with van der Waals surface area (Å²) in [5.74, 6) is 0.570. The second kappa shape index (κ2) is 10.6. The highest BCUT2D eigenvalue weighted by Crippen LogP contribution is 2.24. The molecular weight excluding hydrogens is 402 g/mol. The van der Waals surface area contributed by atoms with Crippen LogP contribution in [-0.4, -0.2) is 66.5 Å². The maximum atomic E-state index is 12.9. The van der Waals surface area contributed by atoms with E-state index >= 15 is 0 Å². The molecule has 3 rings (SSSR count). The van der Waals surface area contributed by atoms with Crippen molar-refractivity contribution in [2.24, 2.45) is 5.92 Å². The van der Waals surface area contributed by atoms with E-state index in [-0.39, 0.29) is 36.5 Å². The zero-order valence-electron chi connectivity index (χ0n) is 18.3. The number of morpholine rings is 1. The molecule has 0 radical (unpaired) electrons. The molecule has 0 saturated carbocycles. The van der Waals surface area contributed by atoms with Gasteiger partial charge in [0.1, 0.15) is 0 Å². The molecule has 0 bridgehead atoms. The molecule has 0 spiro atoms. The van der Waals surface area contributed by atoms with Gasteiger partial charge in [0.25, 0.3) is 0 Å². The minimum absolute atomic E-state index is 0.0933. The second-order valence-electron chi connectivity index (χ2n) is 8.81. The van der Waals surface area contributed by atoms with Gasteiger partial charge in [-0.2, -0.15) is 0 Å². The maximum Gasteiger partial charge on any atom is 0.224 e. The van der Waals surface area contributed by atoms with Crippen molar-refractivity contribution in [2.45, 2.75) is 58.3 Å². The molecule has 6 nitrogen and oxygen atoms in total. The number of amides is 2. The predicted octanol–water partition coefficient (Wildman–Crippen LogP) is 3.26. The van der Waals surface area contributed by atoms with E-state index in [0.717, 1.165) is 51.1 Å². The van der Waals surface area contributed by atoms with Gasteiger partial charge in [0, 0.05) is 44.7 Å². The fourth-order valence-corrected chi connectivity index (χ4v) is 4.79. The molecule has 1 aromatic carbocycles. The van der Waals surface area contributed by atoms with Crippen LogP contribution >= 0.6 is 11.6 Å². The normalized spacial score (nSPS) is 24.5. The molecule has 2 heterocycles. The number of nitrogens with zero attached hydrogens (tertiary/aromatic N) is 2. The van der Waals surface area contributed by atoms with E-state index in [1.54, 1.807) is 12.1 Å². The van der Waals surface area contributed by atoms with Crippen molar-refractivity contribution in [1.82, 2.24) is 15.1 Å². The van der Waals surface area contributed by atoms with Gasteiger partial charge in [0.05, 0.1) is 24.7 Å². The van der Waals surface area contributed by atoms with Crippen molar-refractivity contribution in [3.8, 4) is 0 Å². The zero-order chi connectivity index (χ0) is 21.7. The van der Waals surface area contributed by atoms with Gasteiger partial charge in [-0.05, 0) is 50.3 Å². The van der Waals surface area contributed by atoms with E-state index in [0.29, 0.717) is 10.9 Å². The average molecular weight is 436 g/mol. The Bertz CT molecular complexity index is 709. The average Bonchev–Trinajstić information content (AvgIpc) is 2.67. The van der Waals surface area contributed by atoms with Crippen LogP contribution in [0.4, 0.5) is 0 Å². The number of likely N-dealkylation sites (tertiary alicyclic amines) is 1. The third-order valence-electron chi connectivity index (χ3n) is 6.01. The van der Waals surface area contributed by atoms with Crippen molar-refractivity contribution in [3.05, 3.63) is 34.9 Å². The standard InChI is InChI=1S/C23H34ClN3O3/c1-16-13-26(14-17(2)30-16)15-19-8-10-27(11-9-19)23(29)12-22(25-18(3)28)20-4-6-21(24)7-5-20/h4-7,16-17,19,22H,8-15H2,1-3H3,(H,25,28). The summed E-state index contributed by atoms with van der Waals surface area (Å²) in [5, 5.41) is 3.55. The number of ether oxygens (including phenoxy) is 1. The predicted molar refractivity (Wildman–Crippen MR) is 118 cm³/mol. The summed E-state index contributed by atoms with van der Waals surface area (Å²) in [6, 6.07) is 6.98. The van der Waals surface area contributed by atoms with Gasteiger partial charge < -0.3 is 15.0 Å². The lowest BCUT2D eigenvalue weighted by Crippen LogP contribution is -2.49. The minimum Gasteiger partial charge on any atom is -0.373 e. The van der Waals surface area contributed by atoms with E-state index in [2.05, 4.69) is 24.1 Å². The summed E-state index contributed by atoms with van der Waals surface area (Å²) in [4.78, 5) is 29.0. The van der Waals surface area contributed by atoms with Crippen LogP contribution in [0.15, 0.2) is 24.3 Å². The zero-order valence-corrected chi connectivity index (χ0v) is 19.0. The first-order chi connectivity index (χ1) is 14.3. The van der Waals surface area contributed by atoms with Crippen molar-refractivity contribution < 1.29 is 14.3 Å². The van der Waals surface area contributed by atoms with Gasteiger partial charge in [-0.3, -0.25) is 14.5 Å². The molecule has 2 saturated heterocycles. The van der Waals surface area contributed by atoms with Gasteiger partial charge in [-0.1, -0.05) is 23.7 Å². The summed E-state index contributed by atoms with van der Waals surface area (Å²) in [7, 11) is 0. The Hall–Kier alpha value is -1.63. The number of benzene rings is 1. The molecule has 7 heteroatoms. The monoisotopic (exact) mass is 435 g/mol. The van der Waals surface area contributed by atoms with Crippen LogP contribution in [-0.2, 0) is 14.3 Å². The van der Waals surface area contributed by atoms with Crippen LogP contribution < -0.4 is 5.32 Å². The van der Waals surface area contributed by atoms with Crippen LogP contribution in [0, 0.1) is 5.92 Å². The number of halogens is 1. The molecule has 2 amide bonds. The Morgan fingerprint density at radius 1 is 1.13 bits per heavy atom. The van der Waals surface area contributed by atoms with Crippen molar-refractivity contribution in [2.75, 3.05) is 32.7 Å². The topological polar surface area (TPSA) is 61.9 Å². The van der Waals surface area contributed by atoms with Gasteiger partial charge in [0.15, 0.2) is 0 Å². The van der Waals surface area contributed by atoms with Gasteiger partial charge in [0.2, 0.25) is 11.8 Å². The second-order valence-corrected chi connectivity index (χ2v) is 9.25. The minimum atomic E-state index is -0.332. The van der Waals surface area contributed by atoms with E-state index in [1.807, 2.05) is 17.0 Å². The van der Waals surface area contributed by atoms with Gasteiger partial charge in [-0.25, -0.2) is 0 Å². The molecule has 2 aliphatic heterocycles. The fourth-order valence-electron chi connectivity index (χ4n) is 4.66. The van der Waals surface area contributed by atoms with E-state index in [1.165, 1.54) is 6.92 Å². The summed E-state index contributed by atoms with van der Waals surface area (Å²) in [6.07, 6.45) is 2.89. The molecule has 3 atom stereocenters. The fraction of sp³-hybridized carbons (Fsp3) is 0.652. The number of hydrogen-bond donors (Lipinski definition) is 1. The van der Waals surface area contributed by atoms with E-state index in [9.17, 15) is 9.59 Å². The Labute approximate surface area is 184 Å². The lowest BCUT2D eigenvalue weighted by Gasteiger charge is -2.39. The van der Waals surface area contributed by atoms with Crippen LogP contribution in [0.25, 0.3) is 0 Å². The summed E-state index contributed by atoms with van der Waals surface area (Å²) in [5.41, 5.74) is 0.897. The number of rotatable bonds is 6. The lowest BCUT2D eigenvalue weighted by atomic mass is 9.94. The molecule has 2 aliphatic rings. The Kier molecular flexibility index (Phi) is 8.14. The Morgan fingerprint density at radius 2 is 1.73 bits per heavy atom. The Balaban J connectivity index is 1.51. The highest BCUT2D eigenvalue weighted by Gasteiger charge is 2.29. The van der Waals surface area contributed by atoms with Crippen LogP contribution in [0.5, 0.6) is 0 Å². The number of piperidine rings is 1. The first-order valence-electron chi connectivity index (χ1n) is 11.0. The first-order valence-corrected chi connectivity index (χ1v) is 11.4. The molecule has 2 fully saturated rings. The number of carbonyl (C=O) groups excluding carboxylic acids is 2. The molecule has 30 heavy (non-hydrogen) atoms. The third kappa shape index (κ3) is 6.69. The van der Waals surface area contributed by atoms with Crippen LogP contribution in [0.1, 0.15) is 51.6 Å². The van der Waals surface area contributed by atoms with Crippen molar-refractivity contribution in [3.63, 3.8) is 0 Å². The SMILES string of the molecule is CC(=O)NC(CC(=O)N1CCC(CN2CC(C)OC(C)C2)CC1)c1ccc(Cl)cc1. The number of hydrogen-bond acceptors (Lipinski definition) is 4. The molecule has 0 aromatic heterocycles. The molecule has 3 unspecified atom stereocenters. The quantitative estimate of drug-likeness (QED) is 0.745. The summed E-state index contributed by atoms with van der Waals surface area (Å²) >= 11 is 5.98. The van der Waals surface area contributed by atoms with Gasteiger partial charge in [-0.15, -0.1) is 0 Å². The molecular formula is C23H34ClN3O3. The molecule has 1 aromatic rings.